The highest BCUT2D eigenvalue weighted by atomic mass is 16.5. The Morgan fingerprint density at radius 1 is 1.00 bits per heavy atom. The molecule has 0 bridgehead atoms. The lowest BCUT2D eigenvalue weighted by atomic mass is 9.87. The van der Waals surface area contributed by atoms with Gasteiger partial charge in [-0.2, -0.15) is 0 Å². The Labute approximate surface area is 285 Å². The molecule has 3 aliphatic rings. The van der Waals surface area contributed by atoms with Crippen molar-refractivity contribution >= 4 is 24.1 Å². The Kier molecular flexibility index (Phi) is 16.1. The quantitative estimate of drug-likeness (QED) is 0.108. The number of carbonyl (C=O) groups excluding carboxylic acids is 3. The number of nitrogens with one attached hydrogen (secondary N) is 3. The number of hydrogen-bond acceptors (Lipinski definition) is 8. The molecule has 2 saturated heterocycles. The lowest BCUT2D eigenvalue weighted by molar-refractivity contribution is -0.148. The second-order valence-electron chi connectivity index (χ2n) is 13.2. The van der Waals surface area contributed by atoms with Gasteiger partial charge in [0.1, 0.15) is 25.2 Å². The number of hydrogen-bond donors (Lipinski definition) is 4. The normalized spacial score (nSPS) is 19.9. The summed E-state index contributed by atoms with van der Waals surface area (Å²) in [5, 5.41) is 18.6. The number of aldehydes is 1. The van der Waals surface area contributed by atoms with Gasteiger partial charge < -0.3 is 35.1 Å². The highest BCUT2D eigenvalue weighted by molar-refractivity contribution is 5.86. The zero-order chi connectivity index (χ0) is 34.0. The monoisotopic (exact) mass is 665 g/mol. The van der Waals surface area contributed by atoms with Crippen molar-refractivity contribution in [3.8, 4) is 5.75 Å². The number of carboxylic acid groups (broad SMARTS) is 1. The molecule has 11 nitrogen and oxygen atoms in total. The largest absolute Gasteiger partial charge is 0.492 e. The van der Waals surface area contributed by atoms with Crippen LogP contribution in [-0.4, -0.2) is 104 Å². The van der Waals surface area contributed by atoms with Gasteiger partial charge in [0.25, 0.3) is 0 Å². The molecule has 0 radical (unpaired) electrons. The van der Waals surface area contributed by atoms with Gasteiger partial charge in [0.15, 0.2) is 0 Å². The lowest BCUT2D eigenvalue weighted by Crippen LogP contribution is -2.57. The smallest absolute Gasteiger partial charge is 0.323 e. The molecule has 0 spiro atoms. The van der Waals surface area contributed by atoms with Crippen LogP contribution in [-0.2, 0) is 19.2 Å². The Bertz CT molecular complexity index is 1230. The van der Waals surface area contributed by atoms with Crippen LogP contribution >= 0.6 is 0 Å². The van der Waals surface area contributed by atoms with E-state index in [1.807, 2.05) is 12.2 Å². The van der Waals surface area contributed by atoms with Crippen LogP contribution in [0.15, 0.2) is 48.1 Å². The van der Waals surface area contributed by atoms with Crippen LogP contribution in [0.5, 0.6) is 5.75 Å². The van der Waals surface area contributed by atoms with Crippen LogP contribution in [0.3, 0.4) is 0 Å². The van der Waals surface area contributed by atoms with Crippen molar-refractivity contribution in [1.29, 1.82) is 0 Å². The van der Waals surface area contributed by atoms with Crippen molar-refractivity contribution in [2.24, 2.45) is 5.92 Å². The summed E-state index contributed by atoms with van der Waals surface area (Å²) in [5.41, 5.74) is 2.58. The molecule has 1 aromatic carbocycles. The van der Waals surface area contributed by atoms with Gasteiger partial charge in [-0.15, -0.1) is 0 Å². The fourth-order valence-electron chi connectivity index (χ4n) is 6.71. The summed E-state index contributed by atoms with van der Waals surface area (Å²) in [4.78, 5) is 49.8. The number of piperidine rings is 1. The van der Waals surface area contributed by atoms with Crippen LogP contribution in [0.2, 0.25) is 0 Å². The summed E-state index contributed by atoms with van der Waals surface area (Å²) in [7, 11) is 0. The number of aliphatic carboxylic acids is 1. The molecule has 48 heavy (non-hydrogen) atoms. The van der Waals surface area contributed by atoms with E-state index in [-0.39, 0.29) is 37.0 Å². The maximum atomic E-state index is 12.6. The molecule has 2 heterocycles. The number of nitrogens with zero attached hydrogens (tertiary/aromatic N) is 2. The number of amides is 2. The summed E-state index contributed by atoms with van der Waals surface area (Å²) in [6.45, 7) is 5.71. The topological polar surface area (TPSA) is 140 Å². The average Bonchev–Trinajstić information content (AvgIpc) is 3.09. The Hall–Kier alpha value is -3.54. The third-order valence-corrected chi connectivity index (χ3v) is 9.54. The van der Waals surface area contributed by atoms with E-state index >= 15 is 0 Å². The molecule has 11 heteroatoms. The molecule has 2 fully saturated rings. The molecular weight excluding hydrogens is 610 g/mol. The summed E-state index contributed by atoms with van der Waals surface area (Å²) in [6, 6.07) is 8.44. The van der Waals surface area contributed by atoms with Crippen molar-refractivity contribution in [3.63, 3.8) is 0 Å². The van der Waals surface area contributed by atoms with Gasteiger partial charge in [0.2, 0.25) is 11.8 Å². The number of unbranched alkanes of at least 4 members (excludes halogenated alkanes) is 6. The van der Waals surface area contributed by atoms with Gasteiger partial charge in [0.05, 0.1) is 12.6 Å². The first-order valence-electron chi connectivity index (χ1n) is 17.9. The van der Waals surface area contributed by atoms with Gasteiger partial charge in [-0.1, -0.05) is 56.0 Å². The number of carboxylic acids is 1. The van der Waals surface area contributed by atoms with E-state index in [2.05, 4.69) is 51.2 Å². The minimum absolute atomic E-state index is 0.0708. The number of rotatable bonds is 22. The van der Waals surface area contributed by atoms with E-state index in [9.17, 15) is 19.2 Å². The van der Waals surface area contributed by atoms with Crippen LogP contribution in [0, 0.1) is 5.92 Å². The Balaban J connectivity index is 1.01. The molecule has 1 aromatic rings. The minimum Gasteiger partial charge on any atom is -0.492 e. The Morgan fingerprint density at radius 3 is 2.50 bits per heavy atom. The van der Waals surface area contributed by atoms with Crippen molar-refractivity contribution < 1.29 is 29.0 Å². The first-order valence-corrected chi connectivity index (χ1v) is 17.9. The number of likely N-dealkylation sites (tertiary alicyclic amines) is 1. The van der Waals surface area contributed by atoms with Gasteiger partial charge >= 0.3 is 5.97 Å². The molecule has 1 aliphatic carbocycles. The number of fused-ring (bicyclic) bond motifs is 1. The molecule has 2 atom stereocenters. The molecule has 4 N–H and O–H groups in total. The van der Waals surface area contributed by atoms with Crippen molar-refractivity contribution in [2.45, 2.75) is 82.6 Å². The fraction of sp³-hybridized carbons (Fsp3) is 0.622. The molecule has 0 saturated carbocycles. The van der Waals surface area contributed by atoms with Gasteiger partial charge in [-0.25, -0.2) is 0 Å². The standard InChI is InChI=1S/C37H55N5O6/c43-24-7-5-3-1-2-4-6-8-35(44)39-19-18-38-20-25-48-32-12-10-30(11-13-32)31-16-22-41(23-17-31)21-15-29-9-14-33-34(26-29)40-28-42(37(33)47)27-36(45)46/h9-14,24,26,31,33-34,38,40H,1-8,15-23,25,27-28H2,(H,39,44)(H,45,46). The molecular formula is C37H55N5O6. The molecule has 264 valence electrons. The van der Waals surface area contributed by atoms with Gasteiger partial charge in [0, 0.05) is 45.1 Å². The molecule has 4 rings (SSSR count). The molecule has 2 amide bonds. The van der Waals surface area contributed by atoms with E-state index in [1.165, 1.54) is 16.0 Å². The van der Waals surface area contributed by atoms with Crippen LogP contribution in [0.25, 0.3) is 0 Å². The molecule has 2 unspecified atom stereocenters. The van der Waals surface area contributed by atoms with Crippen molar-refractivity contribution in [1.82, 2.24) is 25.8 Å². The summed E-state index contributed by atoms with van der Waals surface area (Å²) in [6.07, 6.45) is 17.8. The lowest BCUT2D eigenvalue weighted by Gasteiger charge is -2.37. The third kappa shape index (κ3) is 12.8. The zero-order valence-corrected chi connectivity index (χ0v) is 28.4. The van der Waals surface area contributed by atoms with Crippen molar-refractivity contribution in [2.75, 3.05) is 59.1 Å². The average molecular weight is 666 g/mol. The Morgan fingerprint density at radius 2 is 1.75 bits per heavy atom. The van der Waals surface area contributed by atoms with Crippen LogP contribution in [0.4, 0.5) is 0 Å². The number of benzene rings is 1. The summed E-state index contributed by atoms with van der Waals surface area (Å²) < 4.78 is 5.91. The van der Waals surface area contributed by atoms with Crippen molar-refractivity contribution in [3.05, 3.63) is 53.6 Å². The predicted octanol–water partition coefficient (Wildman–Crippen LogP) is 3.62. The molecule has 2 aliphatic heterocycles. The zero-order valence-electron chi connectivity index (χ0n) is 28.4. The maximum Gasteiger partial charge on any atom is 0.323 e. The second-order valence-corrected chi connectivity index (χ2v) is 13.2. The number of carbonyl (C=O) groups is 4. The second kappa shape index (κ2) is 20.7. The SMILES string of the molecule is O=CCCCCCCCCC(=O)NCCNCCOc1ccc(C2CCN(CCC3=CC4NCN(CC(=O)O)C(=O)C4C=C3)CC2)cc1. The van der Waals surface area contributed by atoms with Gasteiger partial charge in [-0.05, 0) is 74.4 Å². The molecule has 0 aromatic heterocycles. The fourth-order valence-corrected chi connectivity index (χ4v) is 6.71. The van der Waals surface area contributed by atoms with E-state index < -0.39 is 5.97 Å². The predicted molar refractivity (Wildman–Crippen MR) is 186 cm³/mol. The number of ether oxygens (including phenoxy) is 1. The van der Waals surface area contributed by atoms with E-state index in [1.54, 1.807) is 0 Å². The highest BCUT2D eigenvalue weighted by Crippen LogP contribution is 2.30. The third-order valence-electron chi connectivity index (χ3n) is 9.54. The highest BCUT2D eigenvalue weighted by Gasteiger charge is 2.35. The van der Waals surface area contributed by atoms with E-state index in [0.717, 1.165) is 89.5 Å². The number of allylic oxidation sites excluding steroid dienone is 1. The maximum absolute atomic E-state index is 12.6. The first kappa shape index (κ1) is 37.3. The van der Waals surface area contributed by atoms with Crippen LogP contribution in [0.1, 0.15) is 82.1 Å². The van der Waals surface area contributed by atoms with Crippen LogP contribution < -0.4 is 20.7 Å². The van der Waals surface area contributed by atoms with Gasteiger partial charge in [-0.3, -0.25) is 19.7 Å². The summed E-state index contributed by atoms with van der Waals surface area (Å²) >= 11 is 0. The summed E-state index contributed by atoms with van der Waals surface area (Å²) in [5.74, 6) is 0.0718. The minimum atomic E-state index is -0.997. The van der Waals surface area contributed by atoms with E-state index in [4.69, 9.17) is 9.84 Å². The van der Waals surface area contributed by atoms with E-state index in [0.29, 0.717) is 45.0 Å². The first-order chi connectivity index (χ1) is 23.4.